The van der Waals surface area contributed by atoms with Crippen LogP contribution >= 0.6 is 44.1 Å². The number of benzene rings is 1. The Labute approximate surface area is 134 Å². The Morgan fingerprint density at radius 3 is 2.42 bits per heavy atom. The maximum Gasteiger partial charge on any atom is 0.144 e. The van der Waals surface area contributed by atoms with Gasteiger partial charge in [0.1, 0.15) is 10.5 Å². The van der Waals surface area contributed by atoms with Crippen molar-refractivity contribution < 1.29 is 0 Å². The third kappa shape index (κ3) is 3.74. The molecular weight excluding hydrogens is 388 g/mol. The zero-order valence-electron chi connectivity index (χ0n) is 10.7. The van der Waals surface area contributed by atoms with Crippen molar-refractivity contribution in [1.82, 2.24) is 9.97 Å². The molecule has 2 nitrogen and oxygen atoms in total. The fourth-order valence-corrected chi connectivity index (χ4v) is 2.63. The predicted molar refractivity (Wildman–Crippen MR) is 88.8 cm³/mol. The van der Waals surface area contributed by atoms with Gasteiger partial charge in [0, 0.05) is 15.7 Å². The number of H-pyrrole nitrogens is 1. The third-order valence-electron chi connectivity index (χ3n) is 2.67. The van der Waals surface area contributed by atoms with Crippen molar-refractivity contribution in [2.45, 2.75) is 20.3 Å². The van der Waals surface area contributed by atoms with E-state index in [0.717, 1.165) is 32.4 Å². The average Bonchev–Trinajstić information content (AvgIpc) is 2.35. The molecule has 2 aromatic rings. The SMILES string of the molecule is CC(C)Cc1[nH]c(-c2ccc(Br)cc2)nc(=S)c1Br. The van der Waals surface area contributed by atoms with Crippen LogP contribution in [0.4, 0.5) is 0 Å². The summed E-state index contributed by atoms with van der Waals surface area (Å²) in [7, 11) is 0. The highest BCUT2D eigenvalue weighted by atomic mass is 79.9. The van der Waals surface area contributed by atoms with Crippen LogP contribution in [0.1, 0.15) is 19.5 Å². The molecule has 0 spiro atoms. The van der Waals surface area contributed by atoms with Crippen LogP contribution in [0.3, 0.4) is 0 Å². The van der Waals surface area contributed by atoms with Gasteiger partial charge in [-0.2, -0.15) is 0 Å². The normalized spacial score (nSPS) is 11.0. The lowest BCUT2D eigenvalue weighted by Crippen LogP contribution is -2.02. The van der Waals surface area contributed by atoms with Gasteiger partial charge in [-0.25, -0.2) is 4.98 Å². The lowest BCUT2D eigenvalue weighted by molar-refractivity contribution is 0.632. The Balaban J connectivity index is 2.50. The quantitative estimate of drug-likeness (QED) is 0.685. The second kappa shape index (κ2) is 6.29. The number of hydrogen-bond acceptors (Lipinski definition) is 2. The van der Waals surface area contributed by atoms with Crippen LogP contribution in [0.2, 0.25) is 0 Å². The van der Waals surface area contributed by atoms with Crippen molar-refractivity contribution >= 4 is 44.1 Å². The Bertz CT molecular complexity index is 633. The molecule has 0 aliphatic rings. The van der Waals surface area contributed by atoms with Crippen molar-refractivity contribution in [3.63, 3.8) is 0 Å². The zero-order valence-corrected chi connectivity index (χ0v) is 14.7. The molecule has 0 radical (unpaired) electrons. The van der Waals surface area contributed by atoms with E-state index < -0.39 is 0 Å². The molecule has 0 bridgehead atoms. The van der Waals surface area contributed by atoms with Crippen LogP contribution in [0.5, 0.6) is 0 Å². The topological polar surface area (TPSA) is 28.7 Å². The predicted octanol–water partition coefficient (Wildman–Crippen LogP) is 5.53. The maximum absolute atomic E-state index is 5.32. The number of hydrogen-bond donors (Lipinski definition) is 1. The van der Waals surface area contributed by atoms with Crippen molar-refractivity contribution in [3.05, 3.63) is 43.5 Å². The summed E-state index contributed by atoms with van der Waals surface area (Å²) in [6.45, 7) is 4.37. The van der Waals surface area contributed by atoms with Gasteiger partial charge in [0.25, 0.3) is 0 Å². The van der Waals surface area contributed by atoms with E-state index in [-0.39, 0.29) is 0 Å². The van der Waals surface area contributed by atoms with E-state index in [1.807, 2.05) is 24.3 Å². The molecule has 1 aromatic heterocycles. The number of nitrogens with one attached hydrogen (secondary N) is 1. The monoisotopic (exact) mass is 400 g/mol. The smallest absolute Gasteiger partial charge is 0.144 e. The Kier molecular flexibility index (Phi) is 4.92. The molecule has 0 atom stereocenters. The lowest BCUT2D eigenvalue weighted by Gasteiger charge is -2.10. The van der Waals surface area contributed by atoms with E-state index in [9.17, 15) is 0 Å². The first-order chi connectivity index (χ1) is 8.97. The largest absolute Gasteiger partial charge is 0.342 e. The number of aromatic nitrogens is 2. The Morgan fingerprint density at radius 2 is 1.84 bits per heavy atom. The first-order valence-electron chi connectivity index (χ1n) is 6.02. The highest BCUT2D eigenvalue weighted by Gasteiger charge is 2.09. The number of nitrogens with zero attached hydrogens (tertiary/aromatic N) is 1. The number of rotatable bonds is 3. The summed E-state index contributed by atoms with van der Waals surface area (Å²) in [6.07, 6.45) is 0.941. The van der Waals surface area contributed by atoms with Gasteiger partial charge >= 0.3 is 0 Å². The van der Waals surface area contributed by atoms with Crippen molar-refractivity contribution in [2.24, 2.45) is 5.92 Å². The minimum atomic E-state index is 0.558. The number of aromatic amines is 1. The summed E-state index contributed by atoms with van der Waals surface area (Å²) in [5.41, 5.74) is 2.14. The van der Waals surface area contributed by atoms with E-state index >= 15 is 0 Å². The molecule has 0 amide bonds. The number of halogens is 2. The van der Waals surface area contributed by atoms with Crippen LogP contribution in [-0.2, 0) is 6.42 Å². The molecule has 0 aliphatic heterocycles. The van der Waals surface area contributed by atoms with Gasteiger partial charge < -0.3 is 4.98 Å². The molecule has 0 saturated carbocycles. The summed E-state index contributed by atoms with van der Waals surface area (Å²) in [5, 5.41) is 0. The Hall–Kier alpha value is -0.520. The molecule has 2 rings (SSSR count). The van der Waals surface area contributed by atoms with E-state index in [0.29, 0.717) is 10.6 Å². The molecule has 19 heavy (non-hydrogen) atoms. The van der Waals surface area contributed by atoms with Gasteiger partial charge in [0.05, 0.1) is 4.47 Å². The molecule has 0 unspecified atom stereocenters. The molecule has 100 valence electrons. The van der Waals surface area contributed by atoms with Gasteiger partial charge in [-0.05, 0) is 40.4 Å². The van der Waals surface area contributed by atoms with Crippen LogP contribution in [0.25, 0.3) is 11.4 Å². The summed E-state index contributed by atoms with van der Waals surface area (Å²) in [6, 6.07) is 8.03. The summed E-state index contributed by atoms with van der Waals surface area (Å²) in [4.78, 5) is 7.82. The fourth-order valence-electron chi connectivity index (χ4n) is 1.80. The van der Waals surface area contributed by atoms with Crippen LogP contribution < -0.4 is 0 Å². The van der Waals surface area contributed by atoms with E-state index in [2.05, 4.69) is 55.7 Å². The molecule has 1 N–H and O–H groups in total. The maximum atomic E-state index is 5.32. The van der Waals surface area contributed by atoms with Gasteiger partial charge in [-0.3, -0.25) is 0 Å². The van der Waals surface area contributed by atoms with E-state index in [1.165, 1.54) is 0 Å². The highest BCUT2D eigenvalue weighted by molar-refractivity contribution is 9.10. The third-order valence-corrected chi connectivity index (χ3v) is 4.61. The van der Waals surface area contributed by atoms with Gasteiger partial charge in [-0.15, -0.1) is 0 Å². The lowest BCUT2D eigenvalue weighted by atomic mass is 10.1. The van der Waals surface area contributed by atoms with Gasteiger partial charge in [-0.1, -0.05) is 54.1 Å². The standard InChI is InChI=1S/C14H14Br2N2S/c1-8(2)7-11-12(16)14(19)18-13(17-11)9-3-5-10(15)6-4-9/h3-6,8H,7H2,1-2H3,(H,17,18,19). The van der Waals surface area contributed by atoms with Crippen LogP contribution in [0, 0.1) is 10.6 Å². The van der Waals surface area contributed by atoms with Crippen molar-refractivity contribution in [2.75, 3.05) is 0 Å². The first-order valence-corrected chi connectivity index (χ1v) is 8.01. The van der Waals surface area contributed by atoms with Crippen molar-refractivity contribution in [1.29, 1.82) is 0 Å². The van der Waals surface area contributed by atoms with Crippen LogP contribution in [0.15, 0.2) is 33.2 Å². The molecule has 0 saturated heterocycles. The second-order valence-electron chi connectivity index (χ2n) is 4.79. The summed E-state index contributed by atoms with van der Waals surface area (Å²) >= 11 is 12.3. The molecule has 0 aliphatic carbocycles. The van der Waals surface area contributed by atoms with Crippen LogP contribution in [-0.4, -0.2) is 9.97 Å². The van der Waals surface area contributed by atoms with E-state index in [1.54, 1.807) is 0 Å². The molecule has 1 aromatic carbocycles. The first kappa shape index (κ1) is 14.9. The zero-order chi connectivity index (χ0) is 14.0. The second-order valence-corrected chi connectivity index (χ2v) is 6.88. The minimum Gasteiger partial charge on any atom is -0.342 e. The summed E-state index contributed by atoms with van der Waals surface area (Å²) in [5.74, 6) is 1.37. The van der Waals surface area contributed by atoms with E-state index in [4.69, 9.17) is 12.2 Å². The minimum absolute atomic E-state index is 0.558. The van der Waals surface area contributed by atoms with Gasteiger partial charge in [0.2, 0.25) is 0 Å². The molecule has 0 fully saturated rings. The highest BCUT2D eigenvalue weighted by Crippen LogP contribution is 2.24. The average molecular weight is 402 g/mol. The molecule has 5 heteroatoms. The van der Waals surface area contributed by atoms with Crippen molar-refractivity contribution in [3.8, 4) is 11.4 Å². The Morgan fingerprint density at radius 1 is 1.21 bits per heavy atom. The molecule has 1 heterocycles. The fraction of sp³-hybridized carbons (Fsp3) is 0.286. The summed E-state index contributed by atoms with van der Waals surface area (Å²) < 4.78 is 2.55. The molecular formula is C14H14Br2N2S. The van der Waals surface area contributed by atoms with Gasteiger partial charge in [0.15, 0.2) is 0 Å².